The second-order valence-corrected chi connectivity index (χ2v) is 4.01. The maximum Gasteiger partial charge on any atom is 0.329 e. The summed E-state index contributed by atoms with van der Waals surface area (Å²) >= 11 is 5.37. The van der Waals surface area contributed by atoms with Gasteiger partial charge in [-0.15, -0.1) is 0 Å². The normalized spacial score (nSPS) is 12.7. The number of halogens is 2. The van der Waals surface area contributed by atoms with Gasteiger partial charge in [0.2, 0.25) is 5.82 Å². The molecular formula is C10H14ClFN2O3. The molecule has 1 N–H and O–H groups in total. The van der Waals surface area contributed by atoms with E-state index in [-0.39, 0.29) is 6.61 Å². The summed E-state index contributed by atoms with van der Waals surface area (Å²) < 4.78 is 19.1. The fourth-order valence-corrected chi connectivity index (χ4v) is 1.81. The summed E-state index contributed by atoms with van der Waals surface area (Å²) in [6, 6.07) is -0.493. The molecule has 7 heteroatoms. The number of hydrogen-bond donors (Lipinski definition) is 1. The van der Waals surface area contributed by atoms with Crippen LogP contribution in [0.25, 0.3) is 0 Å². The standard InChI is InChI=1S/C10H14ClFN2O3/c1-3-4-6(5-17-2)14-9(15)7(12)8(11)13-10(14)16/h6H,3-5H2,1-2H3,(H,13,16). The molecule has 1 aromatic rings. The molecule has 0 radical (unpaired) electrons. The van der Waals surface area contributed by atoms with Crippen LogP contribution in [0.1, 0.15) is 25.8 Å². The third-order valence-electron chi connectivity index (χ3n) is 2.38. The van der Waals surface area contributed by atoms with Crippen LogP contribution < -0.4 is 11.2 Å². The van der Waals surface area contributed by atoms with Gasteiger partial charge in [-0.3, -0.25) is 14.3 Å². The zero-order chi connectivity index (χ0) is 13.0. The van der Waals surface area contributed by atoms with E-state index in [9.17, 15) is 14.0 Å². The molecule has 0 saturated heterocycles. The Bertz CT molecular complexity index is 491. The third kappa shape index (κ3) is 2.95. The number of aromatic amines is 1. The lowest BCUT2D eigenvalue weighted by molar-refractivity contribution is 0.145. The fourth-order valence-electron chi connectivity index (χ4n) is 1.65. The Balaban J connectivity index is 3.33. The highest BCUT2D eigenvalue weighted by Crippen LogP contribution is 2.11. The molecule has 0 aromatic carbocycles. The van der Waals surface area contributed by atoms with Crippen molar-refractivity contribution < 1.29 is 9.13 Å². The maximum absolute atomic E-state index is 13.3. The van der Waals surface area contributed by atoms with Crippen LogP contribution in [-0.4, -0.2) is 23.3 Å². The van der Waals surface area contributed by atoms with E-state index in [0.717, 1.165) is 11.0 Å². The minimum atomic E-state index is -1.15. The minimum absolute atomic E-state index is 0.165. The SMILES string of the molecule is CCCC(COC)n1c(=O)[nH]c(Cl)c(F)c1=O. The summed E-state index contributed by atoms with van der Waals surface area (Å²) in [5, 5.41) is -0.566. The molecule has 0 saturated carbocycles. The largest absolute Gasteiger partial charge is 0.383 e. The van der Waals surface area contributed by atoms with Gasteiger partial charge in [0, 0.05) is 7.11 Å². The van der Waals surface area contributed by atoms with Crippen molar-refractivity contribution in [2.45, 2.75) is 25.8 Å². The van der Waals surface area contributed by atoms with Gasteiger partial charge >= 0.3 is 5.69 Å². The van der Waals surface area contributed by atoms with Crippen molar-refractivity contribution in [2.24, 2.45) is 0 Å². The van der Waals surface area contributed by atoms with Gasteiger partial charge in [-0.05, 0) is 6.42 Å². The van der Waals surface area contributed by atoms with Crippen LogP contribution in [0.15, 0.2) is 9.59 Å². The highest BCUT2D eigenvalue weighted by atomic mass is 35.5. The van der Waals surface area contributed by atoms with Gasteiger partial charge in [-0.1, -0.05) is 24.9 Å². The van der Waals surface area contributed by atoms with Gasteiger partial charge < -0.3 is 4.74 Å². The first-order chi connectivity index (χ1) is 8.02. The lowest BCUT2D eigenvalue weighted by Crippen LogP contribution is -2.41. The summed E-state index contributed by atoms with van der Waals surface area (Å²) in [6.45, 7) is 2.06. The Morgan fingerprint density at radius 2 is 2.18 bits per heavy atom. The van der Waals surface area contributed by atoms with Crippen molar-refractivity contribution in [3.05, 3.63) is 31.8 Å². The summed E-state index contributed by atoms with van der Waals surface area (Å²) in [5.74, 6) is -1.15. The van der Waals surface area contributed by atoms with Crippen molar-refractivity contribution in [3.8, 4) is 0 Å². The number of methoxy groups -OCH3 is 1. The molecule has 5 nitrogen and oxygen atoms in total. The van der Waals surface area contributed by atoms with E-state index in [1.54, 1.807) is 0 Å². The predicted octanol–water partition coefficient (Wildman–Crippen LogP) is 1.32. The zero-order valence-electron chi connectivity index (χ0n) is 9.63. The minimum Gasteiger partial charge on any atom is -0.383 e. The Morgan fingerprint density at radius 3 is 2.71 bits per heavy atom. The first-order valence-electron chi connectivity index (χ1n) is 5.21. The molecule has 1 heterocycles. The molecule has 0 aliphatic carbocycles. The monoisotopic (exact) mass is 264 g/mol. The second kappa shape index (κ2) is 5.97. The zero-order valence-corrected chi connectivity index (χ0v) is 10.4. The number of nitrogens with zero attached hydrogens (tertiary/aromatic N) is 1. The smallest absolute Gasteiger partial charge is 0.329 e. The van der Waals surface area contributed by atoms with Gasteiger partial charge in [0.1, 0.15) is 0 Å². The molecule has 0 fully saturated rings. The average Bonchev–Trinajstić information content (AvgIpc) is 2.27. The molecule has 1 atom stereocenters. The van der Waals surface area contributed by atoms with E-state index in [4.69, 9.17) is 16.3 Å². The van der Waals surface area contributed by atoms with Crippen LogP contribution in [0.5, 0.6) is 0 Å². The second-order valence-electron chi connectivity index (χ2n) is 3.63. The number of hydrogen-bond acceptors (Lipinski definition) is 3. The summed E-state index contributed by atoms with van der Waals surface area (Å²) in [5.41, 5.74) is -1.74. The van der Waals surface area contributed by atoms with Crippen LogP contribution >= 0.6 is 11.6 Å². The highest BCUT2D eigenvalue weighted by molar-refractivity contribution is 6.29. The quantitative estimate of drug-likeness (QED) is 0.816. The molecule has 17 heavy (non-hydrogen) atoms. The summed E-state index contributed by atoms with van der Waals surface area (Å²) in [4.78, 5) is 25.3. The Morgan fingerprint density at radius 1 is 1.53 bits per heavy atom. The van der Waals surface area contributed by atoms with Gasteiger partial charge in [-0.25, -0.2) is 4.79 Å². The van der Waals surface area contributed by atoms with Crippen LogP contribution in [0.3, 0.4) is 0 Å². The van der Waals surface area contributed by atoms with E-state index in [2.05, 4.69) is 4.98 Å². The average molecular weight is 265 g/mol. The van der Waals surface area contributed by atoms with E-state index in [1.165, 1.54) is 7.11 Å². The number of aromatic nitrogens is 2. The molecule has 1 rings (SSSR count). The lowest BCUT2D eigenvalue weighted by atomic mass is 10.2. The number of H-pyrrole nitrogens is 1. The van der Waals surface area contributed by atoms with E-state index >= 15 is 0 Å². The fraction of sp³-hybridized carbons (Fsp3) is 0.600. The van der Waals surface area contributed by atoms with Crippen LogP contribution in [-0.2, 0) is 4.74 Å². The van der Waals surface area contributed by atoms with Gasteiger partial charge in [-0.2, -0.15) is 4.39 Å². The predicted molar refractivity (Wildman–Crippen MR) is 62.1 cm³/mol. The molecule has 96 valence electrons. The van der Waals surface area contributed by atoms with Crippen molar-refractivity contribution >= 4 is 11.6 Å². The van der Waals surface area contributed by atoms with Gasteiger partial charge in [0.05, 0.1) is 12.6 Å². The lowest BCUT2D eigenvalue weighted by Gasteiger charge is -2.17. The maximum atomic E-state index is 13.3. The van der Waals surface area contributed by atoms with Crippen molar-refractivity contribution in [2.75, 3.05) is 13.7 Å². The number of rotatable bonds is 5. The molecule has 1 unspecified atom stereocenters. The van der Waals surface area contributed by atoms with E-state index < -0.39 is 28.3 Å². The number of ether oxygens (including phenoxy) is 1. The highest BCUT2D eigenvalue weighted by Gasteiger charge is 2.19. The van der Waals surface area contributed by atoms with E-state index in [0.29, 0.717) is 6.42 Å². The van der Waals surface area contributed by atoms with Crippen molar-refractivity contribution in [1.29, 1.82) is 0 Å². The Kier molecular flexibility index (Phi) is 4.89. The Labute approximate surface area is 102 Å². The van der Waals surface area contributed by atoms with Gasteiger partial charge in [0.15, 0.2) is 5.15 Å². The molecular weight excluding hydrogens is 251 g/mol. The third-order valence-corrected chi connectivity index (χ3v) is 2.64. The summed E-state index contributed by atoms with van der Waals surface area (Å²) in [7, 11) is 1.45. The first-order valence-corrected chi connectivity index (χ1v) is 5.59. The molecule has 0 bridgehead atoms. The van der Waals surface area contributed by atoms with Crippen LogP contribution in [0.2, 0.25) is 5.15 Å². The van der Waals surface area contributed by atoms with Gasteiger partial charge in [0.25, 0.3) is 5.56 Å². The molecule has 0 amide bonds. The topological polar surface area (TPSA) is 64.1 Å². The molecule has 1 aromatic heterocycles. The van der Waals surface area contributed by atoms with Crippen molar-refractivity contribution in [3.63, 3.8) is 0 Å². The van der Waals surface area contributed by atoms with E-state index in [1.807, 2.05) is 6.92 Å². The van der Waals surface area contributed by atoms with Crippen molar-refractivity contribution in [1.82, 2.24) is 9.55 Å². The Hall–Kier alpha value is -1.14. The summed E-state index contributed by atoms with van der Waals surface area (Å²) in [6.07, 6.45) is 1.28. The number of nitrogens with one attached hydrogen (secondary N) is 1. The first kappa shape index (κ1) is 13.9. The molecule has 0 spiro atoms. The molecule has 0 aliphatic rings. The van der Waals surface area contributed by atoms with Crippen LogP contribution in [0.4, 0.5) is 4.39 Å². The molecule has 0 aliphatic heterocycles. The van der Waals surface area contributed by atoms with Crippen LogP contribution in [0, 0.1) is 5.82 Å².